The maximum Gasteiger partial charge on any atom is 0.347 e. The predicted octanol–water partition coefficient (Wildman–Crippen LogP) is 2.70. The van der Waals surface area contributed by atoms with E-state index < -0.39 is 11.6 Å². The van der Waals surface area contributed by atoms with Gasteiger partial charge in [-0.3, -0.25) is 0 Å². The molecule has 0 aliphatic heterocycles. The lowest BCUT2D eigenvalue weighted by atomic mass is 10.1. The molecule has 4 nitrogen and oxygen atoms in total. The van der Waals surface area contributed by atoms with Gasteiger partial charge in [-0.2, -0.15) is 0 Å². The average molecular weight is 289 g/mol. The second-order valence-electron chi connectivity index (χ2n) is 3.71. The topological polar surface area (TPSA) is 55.8 Å². The largest absolute Gasteiger partial charge is 0.493 e. The highest BCUT2D eigenvalue weighted by atomic mass is 79.9. The molecule has 16 heavy (non-hydrogen) atoms. The second kappa shape index (κ2) is 4.74. The van der Waals surface area contributed by atoms with E-state index in [-0.39, 0.29) is 0 Å². The van der Waals surface area contributed by atoms with Crippen molar-refractivity contribution < 1.29 is 19.4 Å². The van der Waals surface area contributed by atoms with Crippen LogP contribution in [0.15, 0.2) is 22.7 Å². The number of carboxylic acids is 1. The summed E-state index contributed by atoms with van der Waals surface area (Å²) in [6.07, 6.45) is 0. The van der Waals surface area contributed by atoms with Crippen molar-refractivity contribution in [1.82, 2.24) is 0 Å². The van der Waals surface area contributed by atoms with E-state index in [9.17, 15) is 4.79 Å². The van der Waals surface area contributed by atoms with Crippen LogP contribution in [0.4, 0.5) is 0 Å². The minimum atomic E-state index is -1.30. The monoisotopic (exact) mass is 288 g/mol. The van der Waals surface area contributed by atoms with Crippen molar-refractivity contribution in [3.8, 4) is 11.5 Å². The van der Waals surface area contributed by atoms with E-state index in [1.165, 1.54) is 21.0 Å². The summed E-state index contributed by atoms with van der Waals surface area (Å²) in [7, 11) is 1.50. The first kappa shape index (κ1) is 12.8. The SMILES string of the molecule is COc1ccc(Br)cc1OC(C)(C)C(=O)O. The summed E-state index contributed by atoms with van der Waals surface area (Å²) < 4.78 is 11.3. The summed E-state index contributed by atoms with van der Waals surface area (Å²) in [4.78, 5) is 10.9. The molecule has 0 heterocycles. The Labute approximate surface area is 102 Å². The van der Waals surface area contributed by atoms with Gasteiger partial charge in [-0.25, -0.2) is 4.79 Å². The van der Waals surface area contributed by atoms with E-state index >= 15 is 0 Å². The standard InChI is InChI=1S/C11H13BrO4/c1-11(2,10(13)14)16-9-6-7(12)4-5-8(9)15-3/h4-6H,1-3H3,(H,13,14). The molecule has 5 heteroatoms. The average Bonchev–Trinajstić information content (AvgIpc) is 2.17. The molecule has 0 bridgehead atoms. The van der Waals surface area contributed by atoms with Crippen LogP contribution in [0.3, 0.4) is 0 Å². The molecule has 0 unspecified atom stereocenters. The number of rotatable bonds is 4. The van der Waals surface area contributed by atoms with Crippen LogP contribution < -0.4 is 9.47 Å². The first-order valence-corrected chi connectivity index (χ1v) is 5.42. The van der Waals surface area contributed by atoms with Gasteiger partial charge in [0.25, 0.3) is 0 Å². The lowest BCUT2D eigenvalue weighted by Gasteiger charge is -2.22. The molecule has 0 fully saturated rings. The van der Waals surface area contributed by atoms with E-state index in [2.05, 4.69) is 15.9 Å². The summed E-state index contributed by atoms with van der Waals surface area (Å²) in [5.41, 5.74) is -1.30. The highest BCUT2D eigenvalue weighted by Gasteiger charge is 2.30. The first-order chi connectivity index (χ1) is 7.36. The fourth-order valence-electron chi connectivity index (χ4n) is 1.05. The van der Waals surface area contributed by atoms with Crippen LogP contribution in [0.2, 0.25) is 0 Å². The van der Waals surface area contributed by atoms with Crippen molar-refractivity contribution in [2.24, 2.45) is 0 Å². The van der Waals surface area contributed by atoms with Crippen LogP contribution in [0.1, 0.15) is 13.8 Å². The van der Waals surface area contributed by atoms with Gasteiger partial charge in [0.05, 0.1) is 7.11 Å². The molecule has 0 aliphatic rings. The predicted molar refractivity (Wildman–Crippen MR) is 63.0 cm³/mol. The van der Waals surface area contributed by atoms with Crippen LogP contribution >= 0.6 is 15.9 Å². The quantitative estimate of drug-likeness (QED) is 0.926. The number of halogens is 1. The maximum atomic E-state index is 10.9. The molecule has 0 saturated carbocycles. The number of carbonyl (C=O) groups is 1. The molecule has 0 spiro atoms. The van der Waals surface area contributed by atoms with Gasteiger partial charge < -0.3 is 14.6 Å². The molecule has 1 rings (SSSR count). The number of ether oxygens (including phenoxy) is 2. The molecule has 1 aromatic carbocycles. The minimum Gasteiger partial charge on any atom is -0.493 e. The Bertz CT molecular complexity index is 401. The lowest BCUT2D eigenvalue weighted by molar-refractivity contribution is -0.152. The van der Waals surface area contributed by atoms with Crippen molar-refractivity contribution in [3.05, 3.63) is 22.7 Å². The third-order valence-corrected chi connectivity index (χ3v) is 2.50. The molecule has 88 valence electrons. The van der Waals surface area contributed by atoms with Gasteiger partial charge in [0.15, 0.2) is 17.1 Å². The number of hydrogen-bond donors (Lipinski definition) is 1. The maximum absolute atomic E-state index is 10.9. The summed E-state index contributed by atoms with van der Waals surface area (Å²) in [6, 6.07) is 5.17. The van der Waals surface area contributed by atoms with Crippen LogP contribution in [0, 0.1) is 0 Å². The number of aliphatic carboxylic acids is 1. The minimum absolute atomic E-state index is 0.393. The molecule has 0 amide bonds. The van der Waals surface area contributed by atoms with Gasteiger partial charge in [-0.15, -0.1) is 0 Å². The number of carboxylic acid groups (broad SMARTS) is 1. The Morgan fingerprint density at radius 2 is 2.00 bits per heavy atom. The molecule has 0 radical (unpaired) electrons. The third-order valence-electron chi connectivity index (χ3n) is 2.01. The van der Waals surface area contributed by atoms with Crippen LogP contribution in [-0.4, -0.2) is 23.8 Å². The summed E-state index contributed by atoms with van der Waals surface area (Å²) in [6.45, 7) is 2.96. The number of benzene rings is 1. The summed E-state index contributed by atoms with van der Waals surface area (Å²) in [5, 5.41) is 8.96. The Kier molecular flexibility index (Phi) is 3.80. The Balaban J connectivity index is 3.04. The van der Waals surface area contributed by atoms with Crippen molar-refractivity contribution in [1.29, 1.82) is 0 Å². The first-order valence-electron chi connectivity index (χ1n) is 4.63. The van der Waals surface area contributed by atoms with Crippen LogP contribution in [0.5, 0.6) is 11.5 Å². The zero-order valence-corrected chi connectivity index (χ0v) is 10.9. The van der Waals surface area contributed by atoms with Crippen LogP contribution in [0.25, 0.3) is 0 Å². The molecule has 0 aromatic heterocycles. The smallest absolute Gasteiger partial charge is 0.347 e. The van der Waals surface area contributed by atoms with Gasteiger partial charge >= 0.3 is 5.97 Å². The number of hydrogen-bond acceptors (Lipinski definition) is 3. The van der Waals surface area contributed by atoms with E-state index in [0.29, 0.717) is 11.5 Å². The zero-order valence-electron chi connectivity index (χ0n) is 9.28. The lowest BCUT2D eigenvalue weighted by Crippen LogP contribution is -2.37. The zero-order chi connectivity index (χ0) is 12.3. The fourth-order valence-corrected chi connectivity index (χ4v) is 1.39. The van der Waals surface area contributed by atoms with E-state index in [1.807, 2.05) is 0 Å². The normalized spacial score (nSPS) is 11.0. The fraction of sp³-hybridized carbons (Fsp3) is 0.364. The Hall–Kier alpha value is -1.23. The molecule has 1 aromatic rings. The molecule has 0 aliphatic carbocycles. The van der Waals surface area contributed by atoms with Crippen molar-refractivity contribution in [2.75, 3.05) is 7.11 Å². The van der Waals surface area contributed by atoms with Crippen molar-refractivity contribution >= 4 is 21.9 Å². The van der Waals surface area contributed by atoms with Gasteiger partial charge in [0.1, 0.15) is 0 Å². The van der Waals surface area contributed by atoms with Gasteiger partial charge in [0.2, 0.25) is 0 Å². The van der Waals surface area contributed by atoms with Gasteiger partial charge in [-0.05, 0) is 32.0 Å². The second-order valence-corrected chi connectivity index (χ2v) is 4.63. The van der Waals surface area contributed by atoms with E-state index in [1.54, 1.807) is 18.2 Å². The molecule has 0 atom stereocenters. The molecular formula is C11H13BrO4. The number of methoxy groups -OCH3 is 1. The van der Waals surface area contributed by atoms with Crippen molar-refractivity contribution in [2.45, 2.75) is 19.4 Å². The van der Waals surface area contributed by atoms with E-state index in [0.717, 1.165) is 4.47 Å². The summed E-state index contributed by atoms with van der Waals surface area (Å²) >= 11 is 3.29. The molecular weight excluding hydrogens is 276 g/mol. The van der Waals surface area contributed by atoms with Crippen molar-refractivity contribution in [3.63, 3.8) is 0 Å². The highest BCUT2D eigenvalue weighted by molar-refractivity contribution is 9.10. The third kappa shape index (κ3) is 2.88. The summed E-state index contributed by atoms with van der Waals surface area (Å²) in [5.74, 6) is -0.142. The highest BCUT2D eigenvalue weighted by Crippen LogP contribution is 2.32. The van der Waals surface area contributed by atoms with E-state index in [4.69, 9.17) is 14.6 Å². The Morgan fingerprint density at radius 1 is 1.38 bits per heavy atom. The molecule has 1 N–H and O–H groups in total. The van der Waals surface area contributed by atoms with Gasteiger partial charge in [0, 0.05) is 4.47 Å². The van der Waals surface area contributed by atoms with Gasteiger partial charge in [-0.1, -0.05) is 15.9 Å². The molecule has 0 saturated heterocycles. The Morgan fingerprint density at radius 3 is 2.50 bits per heavy atom. The van der Waals surface area contributed by atoms with Crippen LogP contribution in [-0.2, 0) is 4.79 Å².